The molecule has 3 nitrogen and oxygen atoms in total. The van der Waals surface area contributed by atoms with E-state index >= 15 is 0 Å². The number of carbonyl (C=O) groups is 1. The number of hydrogen-bond donors (Lipinski definition) is 0. The van der Waals surface area contributed by atoms with E-state index in [-0.39, 0.29) is 12.4 Å². The van der Waals surface area contributed by atoms with Crippen LogP contribution in [0.25, 0.3) is 0 Å². The number of hydrogen-bond acceptors (Lipinski definition) is 3. The zero-order chi connectivity index (χ0) is 11.8. The molecule has 1 rings (SSSR count). The molecule has 1 aliphatic rings. The van der Waals surface area contributed by atoms with Gasteiger partial charge < -0.3 is 4.74 Å². The number of ether oxygens (including phenoxy) is 1. The molecule has 1 fully saturated rings. The Kier molecular flexibility index (Phi) is 5.87. The van der Waals surface area contributed by atoms with E-state index < -0.39 is 0 Å². The van der Waals surface area contributed by atoms with Crippen LogP contribution >= 0.6 is 0 Å². The van der Waals surface area contributed by atoms with Gasteiger partial charge in [0.15, 0.2) is 0 Å². The fourth-order valence-corrected chi connectivity index (χ4v) is 2.24. The SMILES string of the molecule is CCOC(=O)CC(=C=O)CCC1CCCC1. The molecule has 0 aromatic heterocycles. The molecule has 0 heterocycles. The molecule has 1 aliphatic carbocycles. The lowest BCUT2D eigenvalue weighted by molar-refractivity contribution is -0.142. The lowest BCUT2D eigenvalue weighted by Gasteiger charge is -2.08. The van der Waals surface area contributed by atoms with E-state index in [1.54, 1.807) is 6.92 Å². The Morgan fingerprint density at radius 2 is 2.06 bits per heavy atom. The summed E-state index contributed by atoms with van der Waals surface area (Å²) in [5, 5.41) is 0. The third kappa shape index (κ3) is 4.63. The summed E-state index contributed by atoms with van der Waals surface area (Å²) < 4.78 is 4.81. The first-order valence-electron chi connectivity index (χ1n) is 6.14. The Morgan fingerprint density at radius 1 is 1.38 bits per heavy atom. The van der Waals surface area contributed by atoms with E-state index in [1.807, 2.05) is 5.94 Å². The Balaban J connectivity index is 2.26. The molecule has 0 bridgehead atoms. The summed E-state index contributed by atoms with van der Waals surface area (Å²) in [4.78, 5) is 21.9. The van der Waals surface area contributed by atoms with Crippen LogP contribution in [0.4, 0.5) is 0 Å². The van der Waals surface area contributed by atoms with Crippen molar-refractivity contribution in [2.75, 3.05) is 6.61 Å². The van der Waals surface area contributed by atoms with Gasteiger partial charge in [-0.25, -0.2) is 4.79 Å². The van der Waals surface area contributed by atoms with Gasteiger partial charge in [0.2, 0.25) is 0 Å². The summed E-state index contributed by atoms with van der Waals surface area (Å²) in [5.74, 6) is 2.31. The Bertz CT molecular complexity index is 271. The van der Waals surface area contributed by atoms with Crippen LogP contribution in [0.1, 0.15) is 51.9 Å². The van der Waals surface area contributed by atoms with Crippen LogP contribution in [0.3, 0.4) is 0 Å². The summed E-state index contributed by atoms with van der Waals surface area (Å²) in [6.07, 6.45) is 6.99. The van der Waals surface area contributed by atoms with Gasteiger partial charge in [0.1, 0.15) is 5.94 Å². The predicted molar refractivity (Wildman–Crippen MR) is 61.6 cm³/mol. The molecule has 0 N–H and O–H groups in total. The van der Waals surface area contributed by atoms with Crippen LogP contribution in [-0.2, 0) is 14.3 Å². The number of esters is 1. The van der Waals surface area contributed by atoms with Gasteiger partial charge in [-0.3, -0.25) is 4.79 Å². The van der Waals surface area contributed by atoms with Gasteiger partial charge in [-0.05, 0) is 25.7 Å². The molecular formula is C13H20O3. The molecule has 0 saturated heterocycles. The Hall–Kier alpha value is -1.08. The highest BCUT2D eigenvalue weighted by Gasteiger charge is 2.16. The molecule has 0 aromatic rings. The summed E-state index contributed by atoms with van der Waals surface area (Å²) in [7, 11) is 0. The first-order chi connectivity index (χ1) is 7.76. The van der Waals surface area contributed by atoms with Gasteiger partial charge in [0.25, 0.3) is 0 Å². The third-order valence-electron chi connectivity index (χ3n) is 3.14. The molecule has 0 radical (unpaired) electrons. The highest BCUT2D eigenvalue weighted by Crippen LogP contribution is 2.29. The van der Waals surface area contributed by atoms with Crippen LogP contribution in [-0.4, -0.2) is 18.5 Å². The first kappa shape index (κ1) is 13.0. The van der Waals surface area contributed by atoms with E-state index in [9.17, 15) is 9.59 Å². The van der Waals surface area contributed by atoms with E-state index in [0.29, 0.717) is 18.6 Å². The molecule has 16 heavy (non-hydrogen) atoms. The van der Waals surface area contributed by atoms with E-state index in [0.717, 1.165) is 12.3 Å². The Morgan fingerprint density at radius 3 is 2.62 bits per heavy atom. The van der Waals surface area contributed by atoms with Gasteiger partial charge in [-0.15, -0.1) is 0 Å². The second-order valence-corrected chi connectivity index (χ2v) is 4.38. The molecule has 0 atom stereocenters. The van der Waals surface area contributed by atoms with Gasteiger partial charge in [0, 0.05) is 5.57 Å². The summed E-state index contributed by atoms with van der Waals surface area (Å²) in [5.41, 5.74) is 0.561. The molecule has 90 valence electrons. The predicted octanol–water partition coefficient (Wildman–Crippen LogP) is 2.67. The average molecular weight is 224 g/mol. The second-order valence-electron chi connectivity index (χ2n) is 4.38. The fraction of sp³-hybridized carbons (Fsp3) is 0.769. The molecule has 1 saturated carbocycles. The molecule has 0 aliphatic heterocycles. The quantitative estimate of drug-likeness (QED) is 0.514. The lowest BCUT2D eigenvalue weighted by atomic mass is 9.97. The van der Waals surface area contributed by atoms with Crippen LogP contribution in [0.2, 0.25) is 0 Å². The first-order valence-corrected chi connectivity index (χ1v) is 6.14. The van der Waals surface area contributed by atoms with Crippen LogP contribution < -0.4 is 0 Å². The average Bonchev–Trinajstić information content (AvgIpc) is 2.77. The van der Waals surface area contributed by atoms with E-state index in [1.165, 1.54) is 25.7 Å². The second kappa shape index (κ2) is 7.24. The highest BCUT2D eigenvalue weighted by atomic mass is 16.5. The summed E-state index contributed by atoms with van der Waals surface area (Å²) in [6, 6.07) is 0. The van der Waals surface area contributed by atoms with E-state index in [4.69, 9.17) is 4.74 Å². The van der Waals surface area contributed by atoms with Crippen molar-refractivity contribution in [2.45, 2.75) is 51.9 Å². The molecule has 0 aromatic carbocycles. The highest BCUT2D eigenvalue weighted by molar-refractivity contribution is 5.75. The van der Waals surface area contributed by atoms with Gasteiger partial charge >= 0.3 is 5.97 Å². The topological polar surface area (TPSA) is 43.4 Å². The van der Waals surface area contributed by atoms with Crippen molar-refractivity contribution in [1.82, 2.24) is 0 Å². The molecule has 0 amide bonds. The largest absolute Gasteiger partial charge is 0.466 e. The zero-order valence-electron chi connectivity index (χ0n) is 9.96. The third-order valence-corrected chi connectivity index (χ3v) is 3.14. The van der Waals surface area contributed by atoms with Crippen molar-refractivity contribution in [3.05, 3.63) is 5.57 Å². The van der Waals surface area contributed by atoms with Crippen LogP contribution in [0, 0.1) is 5.92 Å². The zero-order valence-corrected chi connectivity index (χ0v) is 9.96. The van der Waals surface area contributed by atoms with Crippen molar-refractivity contribution in [1.29, 1.82) is 0 Å². The minimum absolute atomic E-state index is 0.115. The maximum absolute atomic E-state index is 11.2. The standard InChI is InChI=1S/C13H20O3/c1-2-16-13(15)9-12(10-14)8-7-11-5-3-4-6-11/h11H,2-9H2,1H3. The van der Waals surface area contributed by atoms with Crippen molar-refractivity contribution >= 4 is 11.9 Å². The molecule has 3 heteroatoms. The maximum Gasteiger partial charge on any atom is 0.310 e. The van der Waals surface area contributed by atoms with Crippen molar-refractivity contribution in [2.24, 2.45) is 5.92 Å². The van der Waals surface area contributed by atoms with Gasteiger partial charge in [-0.2, -0.15) is 0 Å². The van der Waals surface area contributed by atoms with Crippen LogP contribution in [0.5, 0.6) is 0 Å². The number of rotatable bonds is 6. The van der Waals surface area contributed by atoms with Gasteiger partial charge in [0.05, 0.1) is 13.0 Å². The minimum Gasteiger partial charge on any atom is -0.466 e. The molecule has 0 spiro atoms. The van der Waals surface area contributed by atoms with Crippen molar-refractivity contribution < 1.29 is 14.3 Å². The smallest absolute Gasteiger partial charge is 0.310 e. The monoisotopic (exact) mass is 224 g/mol. The van der Waals surface area contributed by atoms with Crippen molar-refractivity contribution in [3.8, 4) is 0 Å². The lowest BCUT2D eigenvalue weighted by Crippen LogP contribution is -2.06. The van der Waals surface area contributed by atoms with Crippen LogP contribution in [0.15, 0.2) is 5.57 Å². The summed E-state index contributed by atoms with van der Waals surface area (Å²) in [6.45, 7) is 2.13. The van der Waals surface area contributed by atoms with Crippen molar-refractivity contribution in [3.63, 3.8) is 0 Å². The Labute approximate surface area is 96.9 Å². The molecule has 0 unspecified atom stereocenters. The molecular weight excluding hydrogens is 204 g/mol. The fourth-order valence-electron chi connectivity index (χ4n) is 2.24. The summed E-state index contributed by atoms with van der Waals surface area (Å²) >= 11 is 0. The number of carbonyl (C=O) groups excluding carboxylic acids is 2. The van der Waals surface area contributed by atoms with Gasteiger partial charge in [-0.1, -0.05) is 25.7 Å². The minimum atomic E-state index is -0.313. The van der Waals surface area contributed by atoms with E-state index in [2.05, 4.69) is 0 Å². The normalized spacial score (nSPS) is 15.8. The maximum atomic E-state index is 11.2.